The number of aromatic nitrogens is 3. The van der Waals surface area contributed by atoms with Gasteiger partial charge in [0.2, 0.25) is 11.8 Å². The molecule has 7 nitrogen and oxygen atoms in total. The van der Waals surface area contributed by atoms with Gasteiger partial charge in [-0.1, -0.05) is 30.3 Å². The quantitative estimate of drug-likeness (QED) is 0.505. The van der Waals surface area contributed by atoms with E-state index in [1.165, 1.54) is 4.70 Å². The van der Waals surface area contributed by atoms with Gasteiger partial charge in [0, 0.05) is 24.6 Å². The molecule has 2 aromatic carbocycles. The van der Waals surface area contributed by atoms with Crippen molar-refractivity contribution in [2.24, 2.45) is 0 Å². The number of benzene rings is 2. The van der Waals surface area contributed by atoms with Crippen LogP contribution in [-0.2, 0) is 11.3 Å². The number of fused-ring (bicyclic) bond motifs is 1. The first-order valence-corrected chi connectivity index (χ1v) is 10.8. The van der Waals surface area contributed by atoms with Crippen molar-refractivity contribution in [3.63, 3.8) is 0 Å². The number of piperidine rings is 1. The van der Waals surface area contributed by atoms with Gasteiger partial charge in [-0.3, -0.25) is 4.79 Å². The molecule has 0 N–H and O–H groups in total. The summed E-state index contributed by atoms with van der Waals surface area (Å²) in [4.78, 5) is 31.6. The lowest BCUT2D eigenvalue weighted by atomic mass is 9.98. The van der Waals surface area contributed by atoms with Crippen molar-refractivity contribution in [2.75, 3.05) is 13.1 Å². The molecule has 1 saturated heterocycles. The molecule has 1 unspecified atom stereocenters. The first-order valence-electron chi connectivity index (χ1n) is 9.94. The van der Waals surface area contributed by atoms with Crippen LogP contribution in [0.4, 0.5) is 0 Å². The van der Waals surface area contributed by atoms with Crippen molar-refractivity contribution in [1.82, 2.24) is 19.7 Å². The second-order valence-electron chi connectivity index (χ2n) is 7.40. The summed E-state index contributed by atoms with van der Waals surface area (Å²) in [7, 11) is 0. The number of carbonyl (C=O) groups is 1. The van der Waals surface area contributed by atoms with Crippen molar-refractivity contribution in [2.45, 2.75) is 25.3 Å². The van der Waals surface area contributed by atoms with Crippen LogP contribution < -0.4 is 5.76 Å². The summed E-state index contributed by atoms with van der Waals surface area (Å²) in [6.45, 7) is 1.16. The van der Waals surface area contributed by atoms with Crippen LogP contribution in [0.5, 0.6) is 0 Å². The molecule has 1 aliphatic rings. The van der Waals surface area contributed by atoms with E-state index in [-0.39, 0.29) is 24.3 Å². The van der Waals surface area contributed by atoms with E-state index < -0.39 is 5.76 Å². The highest BCUT2D eigenvalue weighted by molar-refractivity contribution is 7.18. The highest BCUT2D eigenvalue weighted by atomic mass is 32.1. The summed E-state index contributed by atoms with van der Waals surface area (Å²) in [6.07, 6.45) is 1.92. The van der Waals surface area contributed by atoms with Gasteiger partial charge < -0.3 is 9.32 Å². The van der Waals surface area contributed by atoms with Gasteiger partial charge in [0.1, 0.15) is 6.54 Å². The van der Waals surface area contributed by atoms with E-state index in [4.69, 9.17) is 9.40 Å². The van der Waals surface area contributed by atoms with E-state index in [2.05, 4.69) is 11.2 Å². The minimum Gasteiger partial charge on any atom is -0.388 e. The maximum absolute atomic E-state index is 12.9. The van der Waals surface area contributed by atoms with Crippen LogP contribution >= 0.6 is 11.3 Å². The van der Waals surface area contributed by atoms with E-state index in [0.29, 0.717) is 18.7 Å². The number of para-hydroxylation sites is 1. The van der Waals surface area contributed by atoms with Gasteiger partial charge in [-0.15, -0.1) is 16.4 Å². The van der Waals surface area contributed by atoms with Crippen molar-refractivity contribution in [3.8, 4) is 11.5 Å². The van der Waals surface area contributed by atoms with Crippen LogP contribution in [0.2, 0.25) is 0 Å². The Labute approximate surface area is 176 Å². The molecule has 30 heavy (non-hydrogen) atoms. The second kappa shape index (κ2) is 7.87. The molecule has 3 heterocycles. The molecule has 0 bridgehead atoms. The highest BCUT2D eigenvalue weighted by Gasteiger charge is 2.27. The molecule has 1 amide bonds. The number of rotatable bonds is 4. The molecule has 0 radical (unpaired) electrons. The fourth-order valence-electron chi connectivity index (χ4n) is 3.80. The van der Waals surface area contributed by atoms with Crippen LogP contribution in [0.15, 0.2) is 63.8 Å². The zero-order valence-electron chi connectivity index (χ0n) is 16.2. The zero-order chi connectivity index (χ0) is 20.5. The van der Waals surface area contributed by atoms with Crippen LogP contribution in [-0.4, -0.2) is 38.7 Å². The number of nitrogens with zero attached hydrogens (tertiary/aromatic N) is 4. The standard InChI is InChI=1S/C22H20N4O3S/c27-19(14-26-22(28)29-20(24-26)15-7-2-1-3-8-15)25-12-6-9-16(13-25)21-23-17-10-4-5-11-18(17)30-21/h1-5,7-8,10-11,16H,6,9,12-14H2. The highest BCUT2D eigenvalue weighted by Crippen LogP contribution is 2.33. The molecule has 1 atom stereocenters. The molecule has 1 fully saturated rings. The van der Waals surface area contributed by atoms with Gasteiger partial charge in [0.05, 0.1) is 15.2 Å². The summed E-state index contributed by atoms with van der Waals surface area (Å²) >= 11 is 1.69. The van der Waals surface area contributed by atoms with E-state index in [1.54, 1.807) is 11.3 Å². The maximum atomic E-state index is 12.9. The number of likely N-dealkylation sites (tertiary alicyclic amines) is 1. The average molecular weight is 420 g/mol. The minimum atomic E-state index is -0.623. The van der Waals surface area contributed by atoms with Crippen molar-refractivity contribution in [1.29, 1.82) is 0 Å². The van der Waals surface area contributed by atoms with E-state index in [0.717, 1.165) is 28.0 Å². The van der Waals surface area contributed by atoms with Gasteiger partial charge in [-0.2, -0.15) is 4.68 Å². The minimum absolute atomic E-state index is 0.123. The lowest BCUT2D eigenvalue weighted by Gasteiger charge is -2.31. The maximum Gasteiger partial charge on any atom is 0.437 e. The first kappa shape index (κ1) is 18.7. The molecule has 4 aromatic rings. The van der Waals surface area contributed by atoms with Gasteiger partial charge in [-0.25, -0.2) is 9.78 Å². The SMILES string of the molecule is O=C(Cn1nc(-c2ccccc2)oc1=O)N1CCCC(c2nc3ccccc3s2)C1. The van der Waals surface area contributed by atoms with Crippen molar-refractivity contribution in [3.05, 3.63) is 70.2 Å². The summed E-state index contributed by atoms with van der Waals surface area (Å²) in [5, 5.41) is 5.27. The Bertz CT molecular complexity index is 1210. The molecule has 0 spiro atoms. The topological polar surface area (TPSA) is 81.2 Å². The Hall–Kier alpha value is -3.26. The molecule has 5 rings (SSSR count). The Morgan fingerprint density at radius 1 is 1.13 bits per heavy atom. The van der Waals surface area contributed by atoms with E-state index in [9.17, 15) is 9.59 Å². The van der Waals surface area contributed by atoms with Crippen LogP contribution in [0.25, 0.3) is 21.7 Å². The molecule has 0 saturated carbocycles. The molecule has 0 aliphatic carbocycles. The number of hydrogen-bond acceptors (Lipinski definition) is 6. The number of carbonyl (C=O) groups excluding carboxylic acids is 1. The molecule has 1 aliphatic heterocycles. The third-order valence-electron chi connectivity index (χ3n) is 5.35. The Kier molecular flexibility index (Phi) is 4.92. The molecule has 2 aromatic heterocycles. The fourth-order valence-corrected chi connectivity index (χ4v) is 4.89. The monoisotopic (exact) mass is 420 g/mol. The fraction of sp³-hybridized carbons (Fsp3) is 0.273. The first-order chi connectivity index (χ1) is 14.7. The summed E-state index contributed by atoms with van der Waals surface area (Å²) in [5.74, 6) is -0.314. The Morgan fingerprint density at radius 2 is 1.93 bits per heavy atom. The molecular weight excluding hydrogens is 400 g/mol. The second-order valence-corrected chi connectivity index (χ2v) is 8.46. The van der Waals surface area contributed by atoms with E-state index >= 15 is 0 Å². The Balaban J connectivity index is 1.30. The lowest BCUT2D eigenvalue weighted by Crippen LogP contribution is -2.42. The van der Waals surface area contributed by atoms with Gasteiger partial charge in [0.15, 0.2) is 0 Å². The van der Waals surface area contributed by atoms with Gasteiger partial charge >= 0.3 is 5.76 Å². The van der Waals surface area contributed by atoms with Gasteiger partial charge in [-0.05, 0) is 37.1 Å². The largest absolute Gasteiger partial charge is 0.437 e. The van der Waals surface area contributed by atoms with Crippen LogP contribution in [0.3, 0.4) is 0 Å². The summed E-state index contributed by atoms with van der Waals surface area (Å²) in [5.41, 5.74) is 1.71. The third kappa shape index (κ3) is 3.66. The Morgan fingerprint density at radius 3 is 2.77 bits per heavy atom. The normalized spacial score (nSPS) is 16.8. The van der Waals surface area contributed by atoms with Crippen molar-refractivity contribution < 1.29 is 9.21 Å². The van der Waals surface area contributed by atoms with Crippen LogP contribution in [0, 0.1) is 0 Å². The van der Waals surface area contributed by atoms with Crippen molar-refractivity contribution >= 4 is 27.5 Å². The van der Waals surface area contributed by atoms with E-state index in [1.807, 2.05) is 53.4 Å². The molecular formula is C22H20N4O3S. The summed E-state index contributed by atoms with van der Waals surface area (Å²) < 4.78 is 7.50. The predicted molar refractivity (Wildman–Crippen MR) is 114 cm³/mol. The summed E-state index contributed by atoms with van der Waals surface area (Å²) in [6, 6.07) is 17.3. The lowest BCUT2D eigenvalue weighted by molar-refractivity contribution is -0.133. The van der Waals surface area contributed by atoms with Crippen LogP contribution in [0.1, 0.15) is 23.8 Å². The smallest absolute Gasteiger partial charge is 0.388 e. The molecule has 8 heteroatoms. The third-order valence-corrected chi connectivity index (χ3v) is 6.54. The molecule has 152 valence electrons. The number of thiazole rings is 1. The number of hydrogen-bond donors (Lipinski definition) is 0. The van der Waals surface area contributed by atoms with Gasteiger partial charge in [0.25, 0.3) is 0 Å². The number of amides is 1. The predicted octanol–water partition coefficient (Wildman–Crippen LogP) is 3.52. The zero-order valence-corrected chi connectivity index (χ0v) is 17.0. The average Bonchev–Trinajstić information content (AvgIpc) is 3.38.